The summed E-state index contributed by atoms with van der Waals surface area (Å²) in [6.45, 7) is 1.82. The van der Waals surface area contributed by atoms with E-state index in [2.05, 4.69) is 30.9 Å². The summed E-state index contributed by atoms with van der Waals surface area (Å²) < 4.78 is 0. The largest absolute Gasteiger partial charge is 0.382 e. The van der Waals surface area contributed by atoms with Gasteiger partial charge in [0.25, 0.3) is 0 Å². The molecule has 3 aromatic heterocycles. The number of hydrogen-bond donors (Lipinski definition) is 2. The normalized spacial score (nSPS) is 19.8. The van der Waals surface area contributed by atoms with E-state index in [-0.39, 0.29) is 11.5 Å². The molecule has 0 unspecified atom stereocenters. The highest BCUT2D eigenvalue weighted by Gasteiger charge is 2.46. The Bertz CT molecular complexity index is 1070. The van der Waals surface area contributed by atoms with Crippen LogP contribution in [0.1, 0.15) is 30.1 Å². The van der Waals surface area contributed by atoms with Crippen LogP contribution in [0.15, 0.2) is 52.9 Å². The summed E-state index contributed by atoms with van der Waals surface area (Å²) in [4.78, 5) is 20.8. The molecule has 1 fully saturated rings. The second-order valence-electron chi connectivity index (χ2n) is 7.87. The molecule has 154 valence electrons. The molecule has 1 aliphatic carbocycles. The van der Waals surface area contributed by atoms with Crippen molar-refractivity contribution in [2.24, 2.45) is 11.1 Å². The maximum Gasteiger partial charge on any atom is 0.147 e. The molecular weight excluding hydrogens is 418 g/mol. The standard InChI is InChI=1S/C21H22ClN7S/c22-17-14(3-7-26-20(17)24)30-16-12-27-15(11-28-16)29-8-4-21(5-9-29)10-13-2-1-6-25-18(13)19(21)23/h1-3,6-7,11-12,19H,4-5,8-10,23H2,(H2,24,26)/t19-/m1/s1. The number of pyridine rings is 2. The lowest BCUT2D eigenvalue weighted by Gasteiger charge is -2.42. The van der Waals surface area contributed by atoms with Crippen molar-refractivity contribution in [1.82, 2.24) is 19.9 Å². The number of aromatic nitrogens is 4. The minimum atomic E-state index is 0.0123. The molecule has 4 heterocycles. The Hall–Kier alpha value is -2.42. The fraction of sp³-hybridized carbons (Fsp3) is 0.333. The van der Waals surface area contributed by atoms with Gasteiger partial charge in [0.15, 0.2) is 0 Å². The number of halogens is 1. The van der Waals surface area contributed by atoms with Crippen LogP contribution >= 0.6 is 23.4 Å². The zero-order valence-corrected chi connectivity index (χ0v) is 17.9. The summed E-state index contributed by atoms with van der Waals surface area (Å²) in [7, 11) is 0. The van der Waals surface area contributed by atoms with Crippen LogP contribution in [0.25, 0.3) is 0 Å². The van der Waals surface area contributed by atoms with E-state index in [4.69, 9.17) is 23.1 Å². The summed E-state index contributed by atoms with van der Waals surface area (Å²) in [5, 5.41) is 1.21. The average molecular weight is 440 g/mol. The number of fused-ring (bicyclic) bond motifs is 1. The van der Waals surface area contributed by atoms with Crippen molar-refractivity contribution in [3.05, 3.63) is 59.3 Å². The lowest BCUT2D eigenvalue weighted by Crippen LogP contribution is -2.44. The van der Waals surface area contributed by atoms with Crippen molar-refractivity contribution in [3.8, 4) is 0 Å². The SMILES string of the molecule is Nc1nccc(Sc2cnc(N3CCC4(CC3)Cc3cccnc3[C@H]4N)cn2)c1Cl. The molecule has 0 aromatic carbocycles. The molecule has 0 saturated carbocycles. The molecule has 0 radical (unpaired) electrons. The molecule has 9 heteroatoms. The fourth-order valence-electron chi connectivity index (χ4n) is 4.49. The lowest BCUT2D eigenvalue weighted by molar-refractivity contribution is 0.185. The Kier molecular flexibility index (Phi) is 5.00. The van der Waals surface area contributed by atoms with Crippen LogP contribution in [-0.2, 0) is 6.42 Å². The highest BCUT2D eigenvalue weighted by Crippen LogP contribution is 2.50. The lowest BCUT2D eigenvalue weighted by atomic mass is 9.73. The van der Waals surface area contributed by atoms with Gasteiger partial charge >= 0.3 is 0 Å². The third-order valence-electron chi connectivity index (χ3n) is 6.22. The molecule has 2 aliphatic rings. The molecule has 3 aromatic rings. The van der Waals surface area contributed by atoms with E-state index in [1.54, 1.807) is 12.4 Å². The molecule has 4 N–H and O–H groups in total. The molecule has 1 spiro atoms. The Morgan fingerprint density at radius 3 is 2.63 bits per heavy atom. The minimum absolute atomic E-state index is 0.0123. The van der Waals surface area contributed by atoms with Crippen molar-refractivity contribution >= 4 is 35.0 Å². The smallest absolute Gasteiger partial charge is 0.147 e. The summed E-state index contributed by atoms with van der Waals surface area (Å²) in [5.74, 6) is 1.20. The molecule has 0 bridgehead atoms. The van der Waals surface area contributed by atoms with Crippen molar-refractivity contribution in [2.75, 3.05) is 23.7 Å². The van der Waals surface area contributed by atoms with Crippen molar-refractivity contribution < 1.29 is 0 Å². The zero-order valence-electron chi connectivity index (χ0n) is 16.3. The average Bonchev–Trinajstić information content (AvgIpc) is 3.04. The molecule has 5 rings (SSSR count). The molecule has 7 nitrogen and oxygen atoms in total. The first kappa shape index (κ1) is 19.5. The van der Waals surface area contributed by atoms with Gasteiger partial charge in [-0.2, -0.15) is 0 Å². The van der Waals surface area contributed by atoms with Gasteiger partial charge in [-0.05, 0) is 42.4 Å². The number of nitrogen functional groups attached to an aromatic ring is 1. The maximum atomic E-state index is 6.62. The van der Waals surface area contributed by atoms with Crippen LogP contribution in [0.5, 0.6) is 0 Å². The quantitative estimate of drug-likeness (QED) is 0.638. The minimum Gasteiger partial charge on any atom is -0.382 e. The first-order chi connectivity index (χ1) is 14.6. The van der Waals surface area contributed by atoms with Crippen LogP contribution in [0, 0.1) is 5.41 Å². The van der Waals surface area contributed by atoms with E-state index in [1.165, 1.54) is 17.3 Å². The summed E-state index contributed by atoms with van der Waals surface area (Å²) in [6, 6.07) is 6.00. The highest BCUT2D eigenvalue weighted by atomic mass is 35.5. The predicted octanol–water partition coefficient (Wildman–Crippen LogP) is 3.50. The molecule has 1 atom stereocenters. The van der Waals surface area contributed by atoms with Gasteiger partial charge in [-0.25, -0.2) is 15.0 Å². The monoisotopic (exact) mass is 439 g/mol. The summed E-state index contributed by atoms with van der Waals surface area (Å²) >= 11 is 7.65. The molecular formula is C21H22ClN7S. The Morgan fingerprint density at radius 1 is 1.07 bits per heavy atom. The maximum absolute atomic E-state index is 6.62. The first-order valence-electron chi connectivity index (χ1n) is 9.90. The van der Waals surface area contributed by atoms with Gasteiger partial charge in [-0.1, -0.05) is 29.4 Å². The Balaban J connectivity index is 1.26. The van der Waals surface area contributed by atoms with Crippen LogP contribution in [0.2, 0.25) is 5.02 Å². The van der Waals surface area contributed by atoms with Crippen molar-refractivity contribution in [1.29, 1.82) is 0 Å². The molecule has 30 heavy (non-hydrogen) atoms. The predicted molar refractivity (Wildman–Crippen MR) is 119 cm³/mol. The third kappa shape index (κ3) is 3.38. The summed E-state index contributed by atoms with van der Waals surface area (Å²) in [6.07, 6.45) is 10.1. The van der Waals surface area contributed by atoms with E-state index in [1.807, 2.05) is 24.5 Å². The van der Waals surface area contributed by atoms with Gasteiger partial charge < -0.3 is 16.4 Å². The van der Waals surface area contributed by atoms with E-state index < -0.39 is 0 Å². The second-order valence-corrected chi connectivity index (χ2v) is 9.32. The van der Waals surface area contributed by atoms with Gasteiger partial charge in [-0.3, -0.25) is 4.98 Å². The number of anilines is 2. The third-order valence-corrected chi connectivity index (χ3v) is 7.71. The topological polar surface area (TPSA) is 107 Å². The van der Waals surface area contributed by atoms with E-state index in [0.717, 1.165) is 53.8 Å². The Labute approximate surface area is 184 Å². The number of piperidine rings is 1. The summed E-state index contributed by atoms with van der Waals surface area (Å²) in [5.41, 5.74) is 14.9. The Morgan fingerprint density at radius 2 is 1.90 bits per heavy atom. The van der Waals surface area contributed by atoms with Gasteiger partial charge in [0.1, 0.15) is 16.7 Å². The van der Waals surface area contributed by atoms with Crippen LogP contribution in [0.3, 0.4) is 0 Å². The number of nitrogens with two attached hydrogens (primary N) is 2. The zero-order chi connectivity index (χ0) is 20.7. The van der Waals surface area contributed by atoms with Gasteiger partial charge in [0.2, 0.25) is 0 Å². The van der Waals surface area contributed by atoms with Crippen LogP contribution < -0.4 is 16.4 Å². The molecule has 1 aliphatic heterocycles. The second kappa shape index (κ2) is 7.68. The molecule has 0 amide bonds. The van der Waals surface area contributed by atoms with Crippen molar-refractivity contribution in [3.63, 3.8) is 0 Å². The van der Waals surface area contributed by atoms with Gasteiger partial charge in [-0.15, -0.1) is 0 Å². The van der Waals surface area contributed by atoms with E-state index in [0.29, 0.717) is 10.8 Å². The fourth-order valence-corrected chi connectivity index (χ4v) is 5.47. The first-order valence-corrected chi connectivity index (χ1v) is 11.1. The van der Waals surface area contributed by atoms with Gasteiger partial charge in [0.05, 0.1) is 29.2 Å². The number of hydrogen-bond acceptors (Lipinski definition) is 8. The van der Waals surface area contributed by atoms with Crippen LogP contribution in [0.4, 0.5) is 11.6 Å². The van der Waals surface area contributed by atoms with Gasteiger partial charge in [0, 0.05) is 30.4 Å². The number of rotatable bonds is 3. The molecule has 1 saturated heterocycles. The van der Waals surface area contributed by atoms with Crippen molar-refractivity contribution in [2.45, 2.75) is 35.2 Å². The van der Waals surface area contributed by atoms with E-state index >= 15 is 0 Å². The van der Waals surface area contributed by atoms with Crippen LogP contribution in [-0.4, -0.2) is 33.0 Å². The number of nitrogens with zero attached hydrogens (tertiary/aromatic N) is 5. The highest BCUT2D eigenvalue weighted by molar-refractivity contribution is 7.99. The van der Waals surface area contributed by atoms with E-state index in [9.17, 15) is 0 Å².